The second-order valence-electron chi connectivity index (χ2n) is 15.8. The molecule has 0 aliphatic rings. The first-order valence-electron chi connectivity index (χ1n) is 22.6. The number of amides is 1. The number of hydrogen-bond donors (Lipinski definition) is 4. The zero-order chi connectivity index (χ0) is 39.1. The van der Waals surface area contributed by atoms with Crippen molar-refractivity contribution in [3.8, 4) is 0 Å². The van der Waals surface area contributed by atoms with Crippen LogP contribution in [0.1, 0.15) is 232 Å². The number of aliphatic hydroxyl groups excluding tert-OH is 2. The fraction of sp³-hybridized carbons (Fsp3) is 0.889. The van der Waals surface area contributed by atoms with E-state index in [2.05, 4.69) is 31.3 Å². The van der Waals surface area contributed by atoms with Crippen LogP contribution in [0, 0.1) is 0 Å². The van der Waals surface area contributed by atoms with Crippen LogP contribution in [-0.2, 0) is 14.9 Å². The standard InChI is InChI=1S/C45H87NO6S/c1-3-5-7-9-11-13-15-17-19-20-21-22-23-24-26-28-30-32-34-36-38-40-44(48)45(49)46-42(41-53(50,51)52)43(47)39-37-35-33-31-29-27-25-18-16-14-12-10-8-6-4-2/h29,31,37,39,42-44,47-48H,3-28,30,32-36,38,40-41H2,1-2H3,(H,46,49)(H,50,51,52)/b31-29+,39-37+. The van der Waals surface area contributed by atoms with Gasteiger partial charge in [-0.25, -0.2) is 0 Å². The van der Waals surface area contributed by atoms with Crippen LogP contribution in [-0.4, -0.2) is 53.1 Å². The molecule has 0 rings (SSSR count). The molecule has 3 atom stereocenters. The lowest BCUT2D eigenvalue weighted by atomic mass is 10.0. The summed E-state index contributed by atoms with van der Waals surface area (Å²) in [5, 5.41) is 23.4. The molecule has 0 saturated carbocycles. The Labute approximate surface area is 328 Å². The van der Waals surface area contributed by atoms with Gasteiger partial charge in [0.25, 0.3) is 10.1 Å². The number of hydrogen-bond acceptors (Lipinski definition) is 5. The Morgan fingerprint density at radius 3 is 1.25 bits per heavy atom. The molecule has 0 aliphatic carbocycles. The average molecular weight is 770 g/mol. The molecule has 0 fully saturated rings. The number of rotatable bonds is 41. The first-order valence-corrected chi connectivity index (χ1v) is 24.3. The Morgan fingerprint density at radius 2 is 0.849 bits per heavy atom. The molecular weight excluding hydrogens is 683 g/mol. The van der Waals surface area contributed by atoms with Gasteiger partial charge in [-0.05, 0) is 32.1 Å². The second-order valence-corrected chi connectivity index (χ2v) is 17.3. The van der Waals surface area contributed by atoms with Gasteiger partial charge in [0.15, 0.2) is 0 Å². The third kappa shape index (κ3) is 38.8. The lowest BCUT2D eigenvalue weighted by Gasteiger charge is -2.22. The second kappa shape index (κ2) is 39.0. The topological polar surface area (TPSA) is 124 Å². The quantitative estimate of drug-likeness (QED) is 0.0279. The van der Waals surface area contributed by atoms with E-state index in [1.807, 2.05) is 0 Å². The SMILES string of the molecule is CCCCCCCCCCC/C=C/CC/C=C/C(O)C(CS(=O)(=O)O)NC(=O)C(O)CCCCCCCCCCCCCCCCCCCCCCC. The van der Waals surface area contributed by atoms with Crippen molar-refractivity contribution in [3.63, 3.8) is 0 Å². The van der Waals surface area contributed by atoms with Gasteiger partial charge in [-0.1, -0.05) is 224 Å². The van der Waals surface area contributed by atoms with Crippen LogP contribution in [0.2, 0.25) is 0 Å². The van der Waals surface area contributed by atoms with Gasteiger partial charge in [-0.3, -0.25) is 9.35 Å². The maximum absolute atomic E-state index is 12.6. The average Bonchev–Trinajstić information content (AvgIpc) is 3.12. The fourth-order valence-corrected chi connectivity index (χ4v) is 7.74. The van der Waals surface area contributed by atoms with E-state index in [0.717, 1.165) is 32.1 Å². The minimum atomic E-state index is -4.45. The van der Waals surface area contributed by atoms with E-state index < -0.39 is 40.0 Å². The first kappa shape index (κ1) is 51.8. The smallest absolute Gasteiger partial charge is 0.267 e. The van der Waals surface area contributed by atoms with Crippen LogP contribution < -0.4 is 5.32 Å². The van der Waals surface area contributed by atoms with E-state index >= 15 is 0 Å². The van der Waals surface area contributed by atoms with Gasteiger partial charge in [-0.2, -0.15) is 8.42 Å². The minimum absolute atomic E-state index is 0.279. The van der Waals surface area contributed by atoms with E-state index in [0.29, 0.717) is 12.8 Å². The molecule has 0 heterocycles. The molecule has 8 heteroatoms. The molecule has 0 aromatic rings. The van der Waals surface area contributed by atoms with Crippen LogP contribution in [0.4, 0.5) is 0 Å². The summed E-state index contributed by atoms with van der Waals surface area (Å²) < 4.78 is 32.6. The molecule has 0 radical (unpaired) electrons. The summed E-state index contributed by atoms with van der Waals surface area (Å²) in [5.41, 5.74) is 0. The Hall–Kier alpha value is -1.22. The molecule has 4 N–H and O–H groups in total. The van der Waals surface area contributed by atoms with Crippen molar-refractivity contribution in [2.24, 2.45) is 0 Å². The predicted octanol–water partition coefficient (Wildman–Crippen LogP) is 12.5. The van der Waals surface area contributed by atoms with E-state index in [1.165, 1.54) is 173 Å². The molecular formula is C45H87NO6S. The van der Waals surface area contributed by atoms with Gasteiger partial charge in [0.2, 0.25) is 5.91 Å². The highest BCUT2D eigenvalue weighted by Crippen LogP contribution is 2.16. The van der Waals surface area contributed by atoms with E-state index in [1.54, 1.807) is 6.08 Å². The maximum atomic E-state index is 12.6. The number of unbranched alkanes of at least 4 members (excludes halogenated alkanes) is 30. The number of carbonyl (C=O) groups is 1. The molecule has 0 spiro atoms. The molecule has 314 valence electrons. The lowest BCUT2D eigenvalue weighted by Crippen LogP contribution is -2.50. The zero-order valence-corrected chi connectivity index (χ0v) is 35.6. The Morgan fingerprint density at radius 1 is 0.509 bits per heavy atom. The summed E-state index contributed by atoms with van der Waals surface area (Å²) in [5.74, 6) is -1.55. The van der Waals surface area contributed by atoms with Gasteiger partial charge in [0.05, 0.1) is 17.9 Å². The molecule has 7 nitrogen and oxygen atoms in total. The summed E-state index contributed by atoms with van der Waals surface area (Å²) in [7, 11) is -4.45. The van der Waals surface area contributed by atoms with Gasteiger partial charge in [0.1, 0.15) is 6.10 Å². The molecule has 1 amide bonds. The highest BCUT2D eigenvalue weighted by Gasteiger charge is 2.27. The van der Waals surface area contributed by atoms with Crippen LogP contribution >= 0.6 is 0 Å². The van der Waals surface area contributed by atoms with E-state index in [4.69, 9.17) is 0 Å². The summed E-state index contributed by atoms with van der Waals surface area (Å²) in [4.78, 5) is 12.6. The summed E-state index contributed by atoms with van der Waals surface area (Å²) in [6.07, 6.45) is 46.7. The van der Waals surface area contributed by atoms with Crippen molar-refractivity contribution < 1.29 is 28.0 Å². The van der Waals surface area contributed by atoms with Crippen LogP contribution in [0.5, 0.6) is 0 Å². The summed E-state index contributed by atoms with van der Waals surface area (Å²) >= 11 is 0. The molecule has 0 aromatic carbocycles. The third-order valence-corrected chi connectivity index (χ3v) is 11.3. The van der Waals surface area contributed by atoms with Gasteiger partial charge < -0.3 is 15.5 Å². The zero-order valence-electron chi connectivity index (χ0n) is 34.8. The van der Waals surface area contributed by atoms with E-state index in [9.17, 15) is 28.0 Å². The van der Waals surface area contributed by atoms with Crippen molar-refractivity contribution in [2.75, 3.05) is 5.75 Å². The van der Waals surface area contributed by atoms with Gasteiger partial charge in [-0.15, -0.1) is 0 Å². The van der Waals surface area contributed by atoms with Crippen molar-refractivity contribution in [3.05, 3.63) is 24.3 Å². The van der Waals surface area contributed by atoms with Crippen LogP contribution in [0.3, 0.4) is 0 Å². The Kier molecular flexibility index (Phi) is 38.1. The van der Waals surface area contributed by atoms with Crippen molar-refractivity contribution in [1.82, 2.24) is 5.32 Å². The van der Waals surface area contributed by atoms with Crippen LogP contribution in [0.25, 0.3) is 0 Å². The molecule has 0 aromatic heterocycles. The Balaban J connectivity index is 3.95. The maximum Gasteiger partial charge on any atom is 0.267 e. The number of aliphatic hydroxyl groups is 2. The summed E-state index contributed by atoms with van der Waals surface area (Å²) in [6.45, 7) is 4.52. The van der Waals surface area contributed by atoms with Gasteiger partial charge in [0, 0.05) is 0 Å². The number of allylic oxidation sites excluding steroid dienone is 3. The van der Waals surface area contributed by atoms with Crippen molar-refractivity contribution in [1.29, 1.82) is 0 Å². The van der Waals surface area contributed by atoms with Crippen molar-refractivity contribution in [2.45, 2.75) is 250 Å². The lowest BCUT2D eigenvalue weighted by molar-refractivity contribution is -0.130. The fourth-order valence-electron chi connectivity index (χ4n) is 7.00. The largest absolute Gasteiger partial charge is 0.387 e. The monoisotopic (exact) mass is 770 g/mol. The molecule has 53 heavy (non-hydrogen) atoms. The predicted molar refractivity (Wildman–Crippen MR) is 227 cm³/mol. The molecule has 0 saturated heterocycles. The molecule has 0 bridgehead atoms. The number of carbonyl (C=O) groups excluding carboxylic acids is 1. The normalized spacial score (nSPS) is 14.0. The number of nitrogens with one attached hydrogen (secondary N) is 1. The van der Waals surface area contributed by atoms with E-state index in [-0.39, 0.29) is 6.42 Å². The summed E-state index contributed by atoms with van der Waals surface area (Å²) in [6, 6.07) is -1.25. The highest BCUT2D eigenvalue weighted by molar-refractivity contribution is 7.85. The van der Waals surface area contributed by atoms with Crippen LogP contribution in [0.15, 0.2) is 24.3 Å². The minimum Gasteiger partial charge on any atom is -0.387 e. The van der Waals surface area contributed by atoms with Gasteiger partial charge >= 0.3 is 0 Å². The van der Waals surface area contributed by atoms with Crippen molar-refractivity contribution >= 4 is 16.0 Å². The first-order chi connectivity index (χ1) is 25.7. The molecule has 3 unspecified atom stereocenters. The third-order valence-electron chi connectivity index (χ3n) is 10.5. The Bertz CT molecular complexity index is 953. The highest BCUT2D eigenvalue weighted by atomic mass is 32.2. The molecule has 0 aliphatic heterocycles.